The number of rotatable bonds is 4. The van der Waals surface area contributed by atoms with Crippen LogP contribution in [0, 0.1) is 11.6 Å². The van der Waals surface area contributed by atoms with Crippen LogP contribution in [0.25, 0.3) is 0 Å². The fourth-order valence-corrected chi connectivity index (χ4v) is 2.66. The molecule has 0 heterocycles. The molecule has 0 aliphatic heterocycles. The predicted octanol–water partition coefficient (Wildman–Crippen LogP) is 4.82. The van der Waals surface area contributed by atoms with E-state index in [2.05, 4.69) is 15.9 Å². The molecule has 1 nitrogen and oxygen atoms in total. The van der Waals surface area contributed by atoms with Crippen molar-refractivity contribution in [1.29, 1.82) is 0 Å². The van der Waals surface area contributed by atoms with Gasteiger partial charge in [-0.15, -0.1) is 0 Å². The SMILES string of the molecule is CC(C)(C(=O)Cc1cc(F)cc(Br)c1)c1ccc(F)cc1. The number of carbonyl (C=O) groups is 1. The van der Waals surface area contributed by atoms with Crippen molar-refractivity contribution in [2.75, 3.05) is 0 Å². The molecule has 0 aliphatic carbocycles. The Morgan fingerprint density at radius 3 is 2.24 bits per heavy atom. The molecule has 2 aromatic rings. The summed E-state index contributed by atoms with van der Waals surface area (Å²) >= 11 is 3.21. The lowest BCUT2D eigenvalue weighted by Crippen LogP contribution is -2.30. The number of hydrogen-bond acceptors (Lipinski definition) is 1. The van der Waals surface area contributed by atoms with Gasteiger partial charge >= 0.3 is 0 Å². The quantitative estimate of drug-likeness (QED) is 0.771. The molecule has 0 saturated heterocycles. The van der Waals surface area contributed by atoms with Gasteiger partial charge in [-0.1, -0.05) is 28.1 Å². The zero-order valence-corrected chi connectivity index (χ0v) is 13.4. The summed E-state index contributed by atoms with van der Waals surface area (Å²) in [5, 5.41) is 0. The molecule has 0 aromatic heterocycles. The molecule has 0 unspecified atom stereocenters. The highest BCUT2D eigenvalue weighted by molar-refractivity contribution is 9.10. The Labute approximate surface area is 131 Å². The second-order valence-corrected chi connectivity index (χ2v) is 6.43. The molecule has 110 valence electrons. The highest BCUT2D eigenvalue weighted by Crippen LogP contribution is 2.27. The van der Waals surface area contributed by atoms with Gasteiger partial charge in [-0.3, -0.25) is 4.79 Å². The number of halogens is 3. The van der Waals surface area contributed by atoms with Gasteiger partial charge in [0.25, 0.3) is 0 Å². The van der Waals surface area contributed by atoms with Gasteiger partial charge in [0.1, 0.15) is 17.4 Å². The minimum absolute atomic E-state index is 0.0494. The standard InChI is InChI=1S/C17H15BrF2O/c1-17(2,12-3-5-14(19)6-4-12)16(21)9-11-7-13(18)10-15(20)8-11/h3-8,10H,9H2,1-2H3. The molecule has 0 bridgehead atoms. The first-order valence-corrected chi connectivity index (χ1v) is 7.32. The van der Waals surface area contributed by atoms with Crippen molar-refractivity contribution in [3.05, 3.63) is 69.7 Å². The molecule has 21 heavy (non-hydrogen) atoms. The van der Waals surface area contributed by atoms with Crippen LogP contribution in [0.1, 0.15) is 25.0 Å². The van der Waals surface area contributed by atoms with Crippen molar-refractivity contribution in [3.8, 4) is 0 Å². The van der Waals surface area contributed by atoms with E-state index in [4.69, 9.17) is 0 Å². The van der Waals surface area contributed by atoms with Crippen molar-refractivity contribution in [2.45, 2.75) is 25.7 Å². The fourth-order valence-electron chi connectivity index (χ4n) is 2.15. The Hall–Kier alpha value is -1.55. The van der Waals surface area contributed by atoms with E-state index < -0.39 is 5.41 Å². The van der Waals surface area contributed by atoms with Gasteiger partial charge < -0.3 is 0 Å². The van der Waals surface area contributed by atoms with Gasteiger partial charge in [0.05, 0.1) is 0 Å². The number of benzene rings is 2. The summed E-state index contributed by atoms with van der Waals surface area (Å²) in [4.78, 5) is 12.5. The number of Topliss-reactive ketones (excluding diaryl/α,β-unsaturated/α-hetero) is 1. The van der Waals surface area contributed by atoms with Crippen LogP contribution in [0.3, 0.4) is 0 Å². The molecule has 2 aromatic carbocycles. The highest BCUT2D eigenvalue weighted by atomic mass is 79.9. The van der Waals surface area contributed by atoms with Gasteiger partial charge in [-0.05, 0) is 55.3 Å². The predicted molar refractivity (Wildman–Crippen MR) is 82.2 cm³/mol. The molecule has 0 saturated carbocycles. The lowest BCUT2D eigenvalue weighted by molar-refractivity contribution is -0.122. The Kier molecular flexibility index (Phi) is 4.57. The van der Waals surface area contributed by atoms with E-state index >= 15 is 0 Å². The zero-order chi connectivity index (χ0) is 15.6. The Morgan fingerprint density at radius 2 is 1.67 bits per heavy atom. The average molecular weight is 353 g/mol. The summed E-state index contributed by atoms with van der Waals surface area (Å²) < 4.78 is 26.9. The largest absolute Gasteiger partial charge is 0.298 e. The molecule has 0 aliphatic rings. The molecule has 4 heteroatoms. The van der Waals surface area contributed by atoms with Crippen molar-refractivity contribution in [2.24, 2.45) is 0 Å². The normalized spacial score (nSPS) is 11.5. The average Bonchev–Trinajstić information content (AvgIpc) is 2.37. The first kappa shape index (κ1) is 15.8. The fraction of sp³-hybridized carbons (Fsp3) is 0.235. The lowest BCUT2D eigenvalue weighted by Gasteiger charge is -2.24. The second kappa shape index (κ2) is 6.06. The van der Waals surface area contributed by atoms with E-state index in [1.54, 1.807) is 32.0 Å². The molecule has 0 fully saturated rings. The summed E-state index contributed by atoms with van der Waals surface area (Å²) in [7, 11) is 0. The summed E-state index contributed by atoms with van der Waals surface area (Å²) in [6, 6.07) is 10.3. The van der Waals surface area contributed by atoms with Crippen LogP contribution < -0.4 is 0 Å². The lowest BCUT2D eigenvalue weighted by atomic mass is 9.78. The maximum Gasteiger partial charge on any atom is 0.147 e. The van der Waals surface area contributed by atoms with Gasteiger partial charge in [-0.25, -0.2) is 8.78 Å². The van der Waals surface area contributed by atoms with Crippen LogP contribution in [0.2, 0.25) is 0 Å². The highest BCUT2D eigenvalue weighted by Gasteiger charge is 2.29. The number of hydrogen-bond donors (Lipinski definition) is 0. The van der Waals surface area contributed by atoms with E-state index in [-0.39, 0.29) is 23.8 Å². The maximum atomic E-state index is 13.4. The molecule has 0 amide bonds. The minimum atomic E-state index is -0.757. The molecule has 0 atom stereocenters. The third-order valence-electron chi connectivity index (χ3n) is 3.55. The number of ketones is 1. The van der Waals surface area contributed by atoms with E-state index in [9.17, 15) is 13.6 Å². The van der Waals surface area contributed by atoms with E-state index in [0.717, 1.165) is 5.56 Å². The van der Waals surface area contributed by atoms with E-state index in [0.29, 0.717) is 10.0 Å². The molecule has 0 radical (unpaired) electrons. The first-order valence-electron chi connectivity index (χ1n) is 6.53. The minimum Gasteiger partial charge on any atom is -0.298 e. The van der Waals surface area contributed by atoms with Crippen LogP contribution in [0.15, 0.2) is 46.9 Å². The molecule has 2 rings (SSSR count). The first-order chi connectivity index (χ1) is 9.79. The van der Waals surface area contributed by atoms with Gasteiger partial charge in [-0.2, -0.15) is 0 Å². The van der Waals surface area contributed by atoms with Crippen LogP contribution in [0.4, 0.5) is 8.78 Å². The topological polar surface area (TPSA) is 17.1 Å². The second-order valence-electron chi connectivity index (χ2n) is 5.51. The third-order valence-corrected chi connectivity index (χ3v) is 4.01. The van der Waals surface area contributed by atoms with Crippen LogP contribution >= 0.6 is 15.9 Å². The van der Waals surface area contributed by atoms with E-state index in [1.165, 1.54) is 24.3 Å². The molecular weight excluding hydrogens is 338 g/mol. The third kappa shape index (κ3) is 3.76. The van der Waals surface area contributed by atoms with Crippen molar-refractivity contribution in [3.63, 3.8) is 0 Å². The molecule has 0 N–H and O–H groups in total. The Balaban J connectivity index is 2.23. The smallest absolute Gasteiger partial charge is 0.147 e. The van der Waals surface area contributed by atoms with Crippen LogP contribution in [-0.2, 0) is 16.6 Å². The van der Waals surface area contributed by atoms with Crippen molar-refractivity contribution in [1.82, 2.24) is 0 Å². The summed E-state index contributed by atoms with van der Waals surface area (Å²) in [5.41, 5.74) is 0.596. The van der Waals surface area contributed by atoms with Crippen molar-refractivity contribution < 1.29 is 13.6 Å². The van der Waals surface area contributed by atoms with Crippen LogP contribution in [0.5, 0.6) is 0 Å². The summed E-state index contributed by atoms with van der Waals surface area (Å²) in [6.07, 6.45) is 0.126. The molecular formula is C17H15BrF2O. The maximum absolute atomic E-state index is 13.4. The summed E-state index contributed by atoms with van der Waals surface area (Å²) in [6.45, 7) is 3.58. The van der Waals surface area contributed by atoms with Crippen molar-refractivity contribution >= 4 is 21.7 Å². The number of carbonyl (C=O) groups excluding carboxylic acids is 1. The van der Waals surface area contributed by atoms with Gasteiger partial charge in [0, 0.05) is 16.3 Å². The van der Waals surface area contributed by atoms with E-state index in [1.807, 2.05) is 0 Å². The Bertz CT molecular complexity index is 643. The van der Waals surface area contributed by atoms with Crippen LogP contribution in [-0.4, -0.2) is 5.78 Å². The monoisotopic (exact) mass is 352 g/mol. The van der Waals surface area contributed by atoms with Gasteiger partial charge in [0.15, 0.2) is 0 Å². The molecule has 0 spiro atoms. The van der Waals surface area contributed by atoms with Gasteiger partial charge in [0.2, 0.25) is 0 Å². The summed E-state index contributed by atoms with van der Waals surface area (Å²) in [5.74, 6) is -0.769. The Morgan fingerprint density at radius 1 is 1.05 bits per heavy atom. The zero-order valence-electron chi connectivity index (χ0n) is 11.8.